The first-order valence-electron chi connectivity index (χ1n) is 4.83. The fourth-order valence-corrected chi connectivity index (χ4v) is 1.78. The molecule has 1 aromatic carbocycles. The van der Waals surface area contributed by atoms with Gasteiger partial charge < -0.3 is 0 Å². The minimum atomic E-state index is -0.465. The Morgan fingerprint density at radius 1 is 1.18 bits per heavy atom. The van der Waals surface area contributed by atoms with E-state index in [1.807, 2.05) is 0 Å². The van der Waals surface area contributed by atoms with Gasteiger partial charge in [-0.2, -0.15) is 5.26 Å². The lowest BCUT2D eigenvalue weighted by Crippen LogP contribution is -2.01. The molecule has 0 N–H and O–H groups in total. The van der Waals surface area contributed by atoms with Crippen molar-refractivity contribution in [3.8, 4) is 6.07 Å². The van der Waals surface area contributed by atoms with Crippen LogP contribution >= 0.6 is 23.2 Å². The summed E-state index contributed by atoms with van der Waals surface area (Å²) < 4.78 is 0. The number of halogens is 2. The first kappa shape index (κ1) is 11.8. The smallest absolute Gasteiger partial charge is 0.115 e. The predicted molar refractivity (Wildman–Crippen MR) is 66.0 cm³/mol. The van der Waals surface area contributed by atoms with Gasteiger partial charge in [-0.15, -0.1) is 0 Å². The Morgan fingerprint density at radius 3 is 2.59 bits per heavy atom. The van der Waals surface area contributed by atoms with Crippen molar-refractivity contribution in [1.29, 1.82) is 5.26 Å². The van der Waals surface area contributed by atoms with Gasteiger partial charge in [0.15, 0.2) is 0 Å². The minimum Gasteiger partial charge on any atom is -0.245 e. The first-order valence-corrected chi connectivity index (χ1v) is 5.58. The summed E-state index contributed by atoms with van der Waals surface area (Å²) >= 11 is 11.8. The molecular formula is C12H7Cl2N3. The molecular weight excluding hydrogens is 257 g/mol. The molecule has 1 aromatic heterocycles. The van der Waals surface area contributed by atoms with Crippen LogP contribution in [0.2, 0.25) is 10.0 Å². The summed E-state index contributed by atoms with van der Waals surface area (Å²) in [5, 5.41) is 10.1. The second kappa shape index (κ2) is 5.13. The zero-order chi connectivity index (χ0) is 12.3. The number of rotatable bonds is 2. The zero-order valence-corrected chi connectivity index (χ0v) is 10.2. The van der Waals surface area contributed by atoms with Gasteiger partial charge in [0, 0.05) is 6.20 Å². The van der Waals surface area contributed by atoms with Gasteiger partial charge in [0.05, 0.1) is 21.8 Å². The summed E-state index contributed by atoms with van der Waals surface area (Å²) in [6.45, 7) is 0. The highest BCUT2D eigenvalue weighted by Gasteiger charge is 2.15. The number of nitriles is 1. The molecule has 1 heterocycles. The number of nitrogens with zero attached hydrogens (tertiary/aromatic N) is 3. The van der Waals surface area contributed by atoms with Crippen LogP contribution in [0.15, 0.2) is 36.8 Å². The normalized spacial score (nSPS) is 11.8. The summed E-state index contributed by atoms with van der Waals surface area (Å²) in [6, 6.07) is 9.01. The van der Waals surface area contributed by atoms with E-state index in [9.17, 15) is 5.26 Å². The van der Waals surface area contributed by atoms with E-state index in [4.69, 9.17) is 23.2 Å². The van der Waals surface area contributed by atoms with Gasteiger partial charge in [0.1, 0.15) is 12.2 Å². The highest BCUT2D eigenvalue weighted by Crippen LogP contribution is 2.28. The molecule has 5 heteroatoms. The molecule has 0 amide bonds. The number of hydrogen-bond donors (Lipinski definition) is 0. The highest BCUT2D eigenvalue weighted by molar-refractivity contribution is 6.42. The second-order valence-corrected chi connectivity index (χ2v) is 4.18. The molecule has 17 heavy (non-hydrogen) atoms. The maximum absolute atomic E-state index is 9.21. The van der Waals surface area contributed by atoms with Crippen molar-refractivity contribution in [3.63, 3.8) is 0 Å². The fraction of sp³-hybridized carbons (Fsp3) is 0.0833. The number of benzene rings is 1. The molecule has 0 bridgehead atoms. The van der Waals surface area contributed by atoms with Crippen molar-refractivity contribution < 1.29 is 0 Å². The van der Waals surface area contributed by atoms with Crippen LogP contribution in [-0.4, -0.2) is 9.97 Å². The van der Waals surface area contributed by atoms with Crippen molar-refractivity contribution in [1.82, 2.24) is 9.97 Å². The third-order valence-corrected chi connectivity index (χ3v) is 3.05. The van der Waals surface area contributed by atoms with Crippen LogP contribution in [0.1, 0.15) is 17.2 Å². The molecule has 2 rings (SSSR count). The minimum absolute atomic E-state index is 0.429. The van der Waals surface area contributed by atoms with E-state index in [2.05, 4.69) is 16.0 Å². The molecule has 1 atom stereocenters. The lowest BCUT2D eigenvalue weighted by Gasteiger charge is -2.09. The summed E-state index contributed by atoms with van der Waals surface area (Å²) in [7, 11) is 0. The van der Waals surface area contributed by atoms with Gasteiger partial charge in [-0.1, -0.05) is 29.3 Å². The third-order valence-electron chi connectivity index (χ3n) is 2.31. The molecule has 1 unspecified atom stereocenters. The van der Waals surface area contributed by atoms with Crippen LogP contribution in [0, 0.1) is 11.3 Å². The summed E-state index contributed by atoms with van der Waals surface area (Å²) in [6.07, 6.45) is 3.02. The van der Waals surface area contributed by atoms with E-state index in [1.165, 1.54) is 6.33 Å². The molecule has 0 aliphatic carbocycles. The summed E-state index contributed by atoms with van der Waals surface area (Å²) in [4.78, 5) is 7.89. The molecule has 0 saturated carbocycles. The highest BCUT2D eigenvalue weighted by atomic mass is 35.5. The van der Waals surface area contributed by atoms with Crippen LogP contribution in [0.25, 0.3) is 0 Å². The summed E-state index contributed by atoms with van der Waals surface area (Å²) in [5.41, 5.74) is 1.40. The fourth-order valence-electron chi connectivity index (χ4n) is 1.48. The molecule has 0 saturated heterocycles. The summed E-state index contributed by atoms with van der Waals surface area (Å²) in [5.74, 6) is -0.465. The Hall–Kier alpha value is -1.63. The van der Waals surface area contributed by atoms with Crippen molar-refractivity contribution in [2.75, 3.05) is 0 Å². The van der Waals surface area contributed by atoms with Crippen molar-refractivity contribution in [3.05, 3.63) is 58.1 Å². The van der Waals surface area contributed by atoms with E-state index in [0.29, 0.717) is 15.7 Å². The standard InChI is InChI=1S/C12H7Cl2N3/c13-10-2-1-8(5-11(10)14)9(6-15)12-3-4-16-7-17-12/h1-5,7,9H. The molecule has 0 radical (unpaired) electrons. The Bertz CT molecular complexity index is 564. The first-order chi connectivity index (χ1) is 8.22. The van der Waals surface area contributed by atoms with E-state index >= 15 is 0 Å². The van der Waals surface area contributed by atoms with Gasteiger partial charge in [-0.05, 0) is 23.8 Å². The molecule has 0 aliphatic heterocycles. The second-order valence-electron chi connectivity index (χ2n) is 3.37. The average molecular weight is 264 g/mol. The van der Waals surface area contributed by atoms with E-state index in [1.54, 1.807) is 30.5 Å². The monoisotopic (exact) mass is 263 g/mol. The average Bonchev–Trinajstić information content (AvgIpc) is 2.36. The Morgan fingerprint density at radius 2 is 2.00 bits per heavy atom. The third kappa shape index (κ3) is 2.55. The number of hydrogen-bond acceptors (Lipinski definition) is 3. The SMILES string of the molecule is N#CC(c1ccc(Cl)c(Cl)c1)c1ccncn1. The quantitative estimate of drug-likeness (QED) is 0.834. The maximum Gasteiger partial charge on any atom is 0.115 e. The Balaban J connectivity index is 2.44. The van der Waals surface area contributed by atoms with Crippen molar-refractivity contribution in [2.45, 2.75) is 5.92 Å². The Labute approximate surface area is 109 Å². The lowest BCUT2D eigenvalue weighted by atomic mass is 9.97. The van der Waals surface area contributed by atoms with Crippen LogP contribution in [0.3, 0.4) is 0 Å². The van der Waals surface area contributed by atoms with Gasteiger partial charge >= 0.3 is 0 Å². The number of aromatic nitrogens is 2. The lowest BCUT2D eigenvalue weighted by molar-refractivity contribution is 0.943. The van der Waals surface area contributed by atoms with Crippen molar-refractivity contribution in [2.24, 2.45) is 0 Å². The van der Waals surface area contributed by atoms with E-state index < -0.39 is 5.92 Å². The molecule has 2 aromatic rings. The van der Waals surface area contributed by atoms with Crippen LogP contribution in [0.5, 0.6) is 0 Å². The molecule has 0 spiro atoms. The predicted octanol–water partition coefficient (Wildman–Crippen LogP) is 3.44. The largest absolute Gasteiger partial charge is 0.245 e. The van der Waals surface area contributed by atoms with Crippen LogP contribution in [0.4, 0.5) is 0 Å². The molecule has 84 valence electrons. The van der Waals surface area contributed by atoms with Crippen LogP contribution < -0.4 is 0 Å². The van der Waals surface area contributed by atoms with E-state index in [-0.39, 0.29) is 0 Å². The zero-order valence-electron chi connectivity index (χ0n) is 8.64. The van der Waals surface area contributed by atoms with E-state index in [0.717, 1.165) is 5.56 Å². The van der Waals surface area contributed by atoms with Gasteiger partial charge in [0.2, 0.25) is 0 Å². The molecule has 0 fully saturated rings. The molecule has 3 nitrogen and oxygen atoms in total. The maximum atomic E-state index is 9.21. The van der Waals surface area contributed by atoms with Gasteiger partial charge in [0.25, 0.3) is 0 Å². The van der Waals surface area contributed by atoms with Crippen molar-refractivity contribution >= 4 is 23.2 Å². The van der Waals surface area contributed by atoms with Crippen LogP contribution in [-0.2, 0) is 0 Å². The van der Waals surface area contributed by atoms with Gasteiger partial charge in [-0.3, -0.25) is 0 Å². The topological polar surface area (TPSA) is 49.6 Å². The van der Waals surface area contributed by atoms with Gasteiger partial charge in [-0.25, -0.2) is 9.97 Å². The Kier molecular flexibility index (Phi) is 3.58. The molecule has 0 aliphatic rings.